The number of anilines is 1. The molecule has 5 heteroatoms. The molecular formula is C20H23NO4. The molecular weight excluding hydrogens is 318 g/mol. The lowest BCUT2D eigenvalue weighted by Crippen LogP contribution is -2.21. The SMILES string of the molecule is COCc1cc(NC(=O)c2ccccc2C(C)(C)C)cc(C(=O)O)c1. The number of aromatic carboxylic acids is 1. The van der Waals surface area contributed by atoms with E-state index < -0.39 is 5.97 Å². The molecule has 0 aromatic heterocycles. The quantitative estimate of drug-likeness (QED) is 0.859. The molecule has 2 aromatic carbocycles. The molecule has 0 saturated carbocycles. The Morgan fingerprint density at radius 1 is 1.12 bits per heavy atom. The smallest absolute Gasteiger partial charge is 0.335 e. The molecule has 0 unspecified atom stereocenters. The first kappa shape index (κ1) is 18.7. The van der Waals surface area contributed by atoms with E-state index in [0.717, 1.165) is 5.56 Å². The highest BCUT2D eigenvalue weighted by Gasteiger charge is 2.21. The van der Waals surface area contributed by atoms with Crippen molar-refractivity contribution < 1.29 is 19.4 Å². The highest BCUT2D eigenvalue weighted by atomic mass is 16.5. The first-order valence-corrected chi connectivity index (χ1v) is 7.99. The number of amides is 1. The van der Waals surface area contributed by atoms with Crippen LogP contribution in [-0.2, 0) is 16.8 Å². The first-order valence-electron chi connectivity index (χ1n) is 7.99. The van der Waals surface area contributed by atoms with Gasteiger partial charge in [0.25, 0.3) is 5.91 Å². The summed E-state index contributed by atoms with van der Waals surface area (Å²) in [6, 6.07) is 12.1. The predicted octanol–water partition coefficient (Wildman–Crippen LogP) is 4.08. The van der Waals surface area contributed by atoms with Crippen molar-refractivity contribution in [3.8, 4) is 0 Å². The summed E-state index contributed by atoms with van der Waals surface area (Å²) >= 11 is 0. The third-order valence-electron chi connectivity index (χ3n) is 3.79. The summed E-state index contributed by atoms with van der Waals surface area (Å²) in [5.41, 5.74) is 2.54. The van der Waals surface area contributed by atoms with Crippen LogP contribution in [0.1, 0.15) is 52.6 Å². The Morgan fingerprint density at radius 2 is 1.80 bits per heavy atom. The zero-order chi connectivity index (χ0) is 18.6. The predicted molar refractivity (Wildman–Crippen MR) is 97.2 cm³/mol. The number of carbonyl (C=O) groups is 2. The van der Waals surface area contributed by atoms with E-state index in [-0.39, 0.29) is 23.5 Å². The molecule has 0 saturated heterocycles. The number of hydrogen-bond acceptors (Lipinski definition) is 3. The van der Waals surface area contributed by atoms with E-state index in [1.54, 1.807) is 12.1 Å². The van der Waals surface area contributed by atoms with E-state index in [0.29, 0.717) is 16.8 Å². The third kappa shape index (κ3) is 4.67. The third-order valence-corrected chi connectivity index (χ3v) is 3.79. The fourth-order valence-corrected chi connectivity index (χ4v) is 2.67. The lowest BCUT2D eigenvalue weighted by atomic mass is 9.83. The molecule has 2 N–H and O–H groups in total. The number of carbonyl (C=O) groups excluding carboxylic acids is 1. The van der Waals surface area contributed by atoms with E-state index in [9.17, 15) is 14.7 Å². The van der Waals surface area contributed by atoms with Crippen LogP contribution in [-0.4, -0.2) is 24.1 Å². The molecule has 0 radical (unpaired) electrons. The highest BCUT2D eigenvalue weighted by Crippen LogP contribution is 2.26. The summed E-state index contributed by atoms with van der Waals surface area (Å²) in [4.78, 5) is 24.0. The van der Waals surface area contributed by atoms with Gasteiger partial charge < -0.3 is 15.2 Å². The topological polar surface area (TPSA) is 75.6 Å². The highest BCUT2D eigenvalue weighted by molar-refractivity contribution is 6.06. The Labute approximate surface area is 147 Å². The summed E-state index contributed by atoms with van der Waals surface area (Å²) in [6.45, 7) is 6.39. The number of benzene rings is 2. The second-order valence-electron chi connectivity index (χ2n) is 6.91. The van der Waals surface area contributed by atoms with Gasteiger partial charge in [0, 0.05) is 18.4 Å². The van der Waals surface area contributed by atoms with Gasteiger partial charge in [-0.2, -0.15) is 0 Å². The van der Waals surface area contributed by atoms with Crippen molar-refractivity contribution in [3.05, 3.63) is 64.7 Å². The largest absolute Gasteiger partial charge is 0.478 e. The fourth-order valence-electron chi connectivity index (χ4n) is 2.67. The summed E-state index contributed by atoms with van der Waals surface area (Å²) in [7, 11) is 1.53. The Hall–Kier alpha value is -2.66. The molecule has 25 heavy (non-hydrogen) atoms. The molecule has 2 rings (SSSR count). The van der Waals surface area contributed by atoms with Crippen LogP contribution >= 0.6 is 0 Å². The number of methoxy groups -OCH3 is 1. The van der Waals surface area contributed by atoms with Crippen molar-refractivity contribution in [1.29, 1.82) is 0 Å². The summed E-state index contributed by atoms with van der Waals surface area (Å²) < 4.78 is 5.07. The van der Waals surface area contributed by atoms with Gasteiger partial charge in [-0.3, -0.25) is 4.79 Å². The van der Waals surface area contributed by atoms with E-state index in [1.165, 1.54) is 19.2 Å². The van der Waals surface area contributed by atoms with Gasteiger partial charge in [-0.25, -0.2) is 4.79 Å². The monoisotopic (exact) mass is 341 g/mol. The van der Waals surface area contributed by atoms with Gasteiger partial charge in [0.05, 0.1) is 12.2 Å². The van der Waals surface area contributed by atoms with Crippen molar-refractivity contribution in [2.24, 2.45) is 0 Å². The standard InChI is InChI=1S/C20H23NO4/c1-20(2,3)17-8-6-5-7-16(17)18(22)21-15-10-13(12-25-4)9-14(11-15)19(23)24/h5-11H,12H2,1-4H3,(H,21,22)(H,23,24). The second kappa shape index (κ2) is 7.49. The number of hydrogen-bond donors (Lipinski definition) is 2. The van der Waals surface area contributed by atoms with Crippen LogP contribution in [0.5, 0.6) is 0 Å². The van der Waals surface area contributed by atoms with Crippen LogP contribution in [0.25, 0.3) is 0 Å². The van der Waals surface area contributed by atoms with Crippen molar-refractivity contribution in [1.82, 2.24) is 0 Å². The average Bonchev–Trinajstić information content (AvgIpc) is 2.54. The average molecular weight is 341 g/mol. The van der Waals surface area contributed by atoms with Crippen LogP contribution < -0.4 is 5.32 Å². The number of rotatable bonds is 5. The molecule has 0 aliphatic carbocycles. The van der Waals surface area contributed by atoms with Crippen LogP contribution in [0.3, 0.4) is 0 Å². The van der Waals surface area contributed by atoms with Crippen molar-refractivity contribution in [2.45, 2.75) is 32.8 Å². The van der Waals surface area contributed by atoms with E-state index in [4.69, 9.17) is 4.74 Å². The first-order chi connectivity index (χ1) is 11.7. The lowest BCUT2D eigenvalue weighted by molar-refractivity contribution is 0.0696. The number of ether oxygens (including phenoxy) is 1. The number of carboxylic acid groups (broad SMARTS) is 1. The van der Waals surface area contributed by atoms with Crippen LogP contribution in [0.15, 0.2) is 42.5 Å². The minimum absolute atomic E-state index is 0.106. The van der Waals surface area contributed by atoms with Crippen LogP contribution in [0, 0.1) is 0 Å². The van der Waals surface area contributed by atoms with Gasteiger partial charge in [0.15, 0.2) is 0 Å². The second-order valence-corrected chi connectivity index (χ2v) is 6.91. The van der Waals surface area contributed by atoms with Crippen molar-refractivity contribution >= 4 is 17.6 Å². The minimum atomic E-state index is -1.05. The lowest BCUT2D eigenvalue weighted by Gasteiger charge is -2.22. The zero-order valence-corrected chi connectivity index (χ0v) is 14.9. The Kier molecular flexibility index (Phi) is 5.59. The maximum atomic E-state index is 12.7. The molecule has 0 fully saturated rings. The molecule has 1 amide bonds. The van der Waals surface area contributed by atoms with E-state index >= 15 is 0 Å². The number of carboxylic acids is 1. The Bertz CT molecular complexity index is 791. The Morgan fingerprint density at radius 3 is 2.40 bits per heavy atom. The molecule has 0 atom stereocenters. The maximum absolute atomic E-state index is 12.7. The molecule has 0 aliphatic heterocycles. The normalized spacial score (nSPS) is 11.2. The maximum Gasteiger partial charge on any atom is 0.335 e. The summed E-state index contributed by atoms with van der Waals surface area (Å²) in [6.07, 6.45) is 0. The number of nitrogens with one attached hydrogen (secondary N) is 1. The molecule has 0 aliphatic rings. The Balaban J connectivity index is 2.37. The summed E-state index contributed by atoms with van der Waals surface area (Å²) in [5, 5.41) is 12.1. The molecule has 0 spiro atoms. The van der Waals surface area contributed by atoms with Gasteiger partial charge in [0.1, 0.15) is 0 Å². The molecule has 0 heterocycles. The fraction of sp³-hybridized carbons (Fsp3) is 0.300. The van der Waals surface area contributed by atoms with Gasteiger partial charge in [-0.1, -0.05) is 39.0 Å². The van der Waals surface area contributed by atoms with E-state index in [1.807, 2.05) is 39.0 Å². The minimum Gasteiger partial charge on any atom is -0.478 e. The van der Waals surface area contributed by atoms with Crippen molar-refractivity contribution in [3.63, 3.8) is 0 Å². The van der Waals surface area contributed by atoms with Gasteiger partial charge >= 0.3 is 5.97 Å². The van der Waals surface area contributed by atoms with Crippen LogP contribution in [0.2, 0.25) is 0 Å². The molecule has 5 nitrogen and oxygen atoms in total. The molecule has 0 bridgehead atoms. The zero-order valence-electron chi connectivity index (χ0n) is 14.9. The molecule has 132 valence electrons. The van der Waals surface area contributed by atoms with Crippen LogP contribution in [0.4, 0.5) is 5.69 Å². The van der Waals surface area contributed by atoms with Gasteiger partial charge in [0.2, 0.25) is 0 Å². The van der Waals surface area contributed by atoms with Crippen molar-refractivity contribution in [2.75, 3.05) is 12.4 Å². The van der Waals surface area contributed by atoms with Gasteiger partial charge in [-0.05, 0) is 40.8 Å². The molecule has 2 aromatic rings. The van der Waals surface area contributed by atoms with Gasteiger partial charge in [-0.15, -0.1) is 0 Å². The summed E-state index contributed by atoms with van der Waals surface area (Å²) in [5.74, 6) is -1.32. The van der Waals surface area contributed by atoms with E-state index in [2.05, 4.69) is 5.32 Å².